The number of rotatable bonds is 7. The molecule has 0 amide bonds. The van der Waals surface area contributed by atoms with Crippen LogP contribution in [0.5, 0.6) is 0 Å². The van der Waals surface area contributed by atoms with E-state index < -0.39 is 10.0 Å². The average Bonchev–Trinajstić information content (AvgIpc) is 2.38. The van der Waals surface area contributed by atoms with Gasteiger partial charge in [0.05, 0.1) is 10.0 Å². The monoisotopic (exact) mass is 415 g/mol. The summed E-state index contributed by atoms with van der Waals surface area (Å²) in [6, 6.07) is 3.09. The van der Waals surface area contributed by atoms with E-state index in [2.05, 4.69) is 29.8 Å². The standard InChI is InChI=1S/C14H20BrCl2NO2S/c1-4-10(5-2)9-18(6-3)21(19,20)14-12(16)7-11(15)8-13(14)17/h7-8,10H,4-6,9H2,1-3H3. The third-order valence-corrected chi connectivity index (χ3v) is 6.85. The van der Waals surface area contributed by atoms with Crippen LogP contribution in [-0.4, -0.2) is 25.8 Å². The zero-order valence-electron chi connectivity index (χ0n) is 12.4. The first-order valence-corrected chi connectivity index (χ1v) is 9.91. The van der Waals surface area contributed by atoms with Gasteiger partial charge in [0.25, 0.3) is 0 Å². The highest BCUT2D eigenvalue weighted by molar-refractivity contribution is 9.10. The first kappa shape index (κ1) is 19.2. The van der Waals surface area contributed by atoms with Crippen molar-refractivity contribution >= 4 is 49.2 Å². The fraction of sp³-hybridized carbons (Fsp3) is 0.571. The fourth-order valence-corrected chi connectivity index (χ4v) is 5.55. The lowest BCUT2D eigenvalue weighted by Crippen LogP contribution is -2.35. The van der Waals surface area contributed by atoms with Gasteiger partial charge in [0.15, 0.2) is 0 Å². The molecule has 0 unspecified atom stereocenters. The van der Waals surface area contributed by atoms with Crippen molar-refractivity contribution in [1.29, 1.82) is 0 Å². The van der Waals surface area contributed by atoms with Crippen molar-refractivity contribution in [3.05, 3.63) is 26.7 Å². The molecule has 0 aromatic heterocycles. The molecule has 7 heteroatoms. The van der Waals surface area contributed by atoms with Crippen LogP contribution in [0.4, 0.5) is 0 Å². The summed E-state index contributed by atoms with van der Waals surface area (Å²) < 4.78 is 27.8. The number of sulfonamides is 1. The molecule has 0 aliphatic heterocycles. The van der Waals surface area contributed by atoms with Crippen molar-refractivity contribution in [3.8, 4) is 0 Å². The summed E-state index contributed by atoms with van der Waals surface area (Å²) in [5.41, 5.74) is 0. The van der Waals surface area contributed by atoms with E-state index in [0.29, 0.717) is 23.5 Å². The Bertz CT molecular complexity index is 566. The zero-order valence-corrected chi connectivity index (χ0v) is 16.3. The maximum Gasteiger partial charge on any atom is 0.246 e. The van der Waals surface area contributed by atoms with Gasteiger partial charge in [0.1, 0.15) is 4.90 Å². The summed E-state index contributed by atoms with van der Waals surface area (Å²) in [5.74, 6) is 0.327. The summed E-state index contributed by atoms with van der Waals surface area (Å²) in [7, 11) is -3.70. The smallest absolute Gasteiger partial charge is 0.207 e. The highest BCUT2D eigenvalue weighted by atomic mass is 79.9. The van der Waals surface area contributed by atoms with Gasteiger partial charge in [-0.25, -0.2) is 8.42 Å². The second-order valence-electron chi connectivity index (χ2n) is 4.84. The van der Waals surface area contributed by atoms with Crippen LogP contribution in [0.15, 0.2) is 21.5 Å². The topological polar surface area (TPSA) is 37.4 Å². The van der Waals surface area contributed by atoms with E-state index in [-0.39, 0.29) is 14.9 Å². The third-order valence-electron chi connectivity index (χ3n) is 3.53. The minimum Gasteiger partial charge on any atom is -0.207 e. The number of benzene rings is 1. The minimum absolute atomic E-state index is 0.0122. The van der Waals surface area contributed by atoms with Crippen LogP contribution in [0.2, 0.25) is 10.0 Å². The lowest BCUT2D eigenvalue weighted by molar-refractivity contribution is 0.339. The van der Waals surface area contributed by atoms with Crippen LogP contribution in [0.25, 0.3) is 0 Å². The normalized spacial score (nSPS) is 12.4. The maximum absolute atomic E-state index is 12.8. The predicted octanol–water partition coefficient (Wildman–Crippen LogP) is 5.20. The number of hydrogen-bond acceptors (Lipinski definition) is 2. The van der Waals surface area contributed by atoms with E-state index >= 15 is 0 Å². The molecule has 21 heavy (non-hydrogen) atoms. The zero-order chi connectivity index (χ0) is 16.2. The minimum atomic E-state index is -3.70. The summed E-state index contributed by atoms with van der Waals surface area (Å²) in [4.78, 5) is -0.0122. The van der Waals surface area contributed by atoms with Gasteiger partial charge in [-0.2, -0.15) is 4.31 Å². The van der Waals surface area contributed by atoms with Gasteiger partial charge in [0.2, 0.25) is 10.0 Å². The van der Waals surface area contributed by atoms with E-state index in [9.17, 15) is 8.42 Å². The Morgan fingerprint density at radius 1 is 1.14 bits per heavy atom. The van der Waals surface area contributed by atoms with Crippen molar-refractivity contribution in [2.75, 3.05) is 13.1 Å². The van der Waals surface area contributed by atoms with Gasteiger partial charge in [-0.15, -0.1) is 0 Å². The Kier molecular flexibility index (Phi) is 7.47. The molecule has 0 saturated heterocycles. The lowest BCUT2D eigenvalue weighted by atomic mass is 10.0. The second-order valence-corrected chi connectivity index (χ2v) is 8.44. The lowest BCUT2D eigenvalue weighted by Gasteiger charge is -2.25. The first-order chi connectivity index (χ1) is 9.77. The molecule has 0 heterocycles. The van der Waals surface area contributed by atoms with E-state index in [4.69, 9.17) is 23.2 Å². The molecule has 3 nitrogen and oxygen atoms in total. The molecule has 0 saturated carbocycles. The molecule has 1 rings (SSSR count). The number of halogens is 3. The molecule has 120 valence electrons. The van der Waals surface area contributed by atoms with Crippen molar-refractivity contribution in [1.82, 2.24) is 4.31 Å². The maximum atomic E-state index is 12.8. The molecule has 1 aromatic carbocycles. The predicted molar refractivity (Wildman–Crippen MR) is 92.7 cm³/mol. The van der Waals surface area contributed by atoms with Gasteiger partial charge >= 0.3 is 0 Å². The van der Waals surface area contributed by atoms with Crippen LogP contribution in [0, 0.1) is 5.92 Å². The molecule has 0 radical (unpaired) electrons. The molecular weight excluding hydrogens is 397 g/mol. The summed E-state index contributed by atoms with van der Waals surface area (Å²) in [5, 5.41) is 0.273. The van der Waals surface area contributed by atoms with Crippen molar-refractivity contribution in [3.63, 3.8) is 0 Å². The molecule has 0 bridgehead atoms. The Morgan fingerprint density at radius 3 is 2.00 bits per heavy atom. The molecule has 0 spiro atoms. The van der Waals surface area contributed by atoms with Crippen LogP contribution < -0.4 is 0 Å². The molecule has 0 aliphatic carbocycles. The van der Waals surface area contributed by atoms with Gasteiger partial charge in [0, 0.05) is 17.6 Å². The van der Waals surface area contributed by atoms with Gasteiger partial charge in [-0.05, 0) is 18.1 Å². The largest absolute Gasteiger partial charge is 0.246 e. The number of nitrogens with zero attached hydrogens (tertiary/aromatic N) is 1. The molecule has 0 fully saturated rings. The average molecular weight is 417 g/mol. The molecule has 0 atom stereocenters. The van der Waals surface area contributed by atoms with Crippen molar-refractivity contribution < 1.29 is 8.42 Å². The summed E-state index contributed by atoms with van der Waals surface area (Å²) in [6.45, 7) is 6.82. The van der Waals surface area contributed by atoms with E-state index in [1.165, 1.54) is 4.31 Å². The Hall–Kier alpha value is 0.190. The van der Waals surface area contributed by atoms with Crippen LogP contribution in [0.3, 0.4) is 0 Å². The molecule has 0 aliphatic rings. The van der Waals surface area contributed by atoms with Crippen LogP contribution in [-0.2, 0) is 10.0 Å². The summed E-state index contributed by atoms with van der Waals surface area (Å²) in [6.07, 6.45) is 1.87. The van der Waals surface area contributed by atoms with E-state index in [1.807, 2.05) is 6.92 Å². The first-order valence-electron chi connectivity index (χ1n) is 6.92. The highest BCUT2D eigenvalue weighted by Gasteiger charge is 2.29. The quantitative estimate of drug-likeness (QED) is 0.612. The second kappa shape index (κ2) is 8.16. The van der Waals surface area contributed by atoms with Gasteiger partial charge in [-0.3, -0.25) is 0 Å². The Balaban J connectivity index is 3.25. The SMILES string of the molecule is CCC(CC)CN(CC)S(=O)(=O)c1c(Cl)cc(Br)cc1Cl. The third kappa shape index (κ3) is 4.58. The highest BCUT2D eigenvalue weighted by Crippen LogP contribution is 2.35. The van der Waals surface area contributed by atoms with Crippen molar-refractivity contribution in [2.45, 2.75) is 38.5 Å². The molecule has 0 N–H and O–H groups in total. The van der Waals surface area contributed by atoms with Gasteiger partial charge in [-0.1, -0.05) is 72.7 Å². The van der Waals surface area contributed by atoms with Crippen LogP contribution in [0.1, 0.15) is 33.6 Å². The Morgan fingerprint density at radius 2 is 1.62 bits per heavy atom. The molecule has 1 aromatic rings. The van der Waals surface area contributed by atoms with E-state index in [0.717, 1.165) is 12.8 Å². The molecular formula is C14H20BrCl2NO2S. The Labute approximate surface area is 145 Å². The number of hydrogen-bond donors (Lipinski definition) is 0. The van der Waals surface area contributed by atoms with Crippen LogP contribution >= 0.6 is 39.1 Å². The van der Waals surface area contributed by atoms with Gasteiger partial charge < -0.3 is 0 Å². The summed E-state index contributed by atoms with van der Waals surface area (Å²) >= 11 is 15.5. The fourth-order valence-electron chi connectivity index (χ4n) is 2.14. The van der Waals surface area contributed by atoms with E-state index in [1.54, 1.807) is 12.1 Å². The van der Waals surface area contributed by atoms with Crippen molar-refractivity contribution in [2.24, 2.45) is 5.92 Å².